The van der Waals surface area contributed by atoms with E-state index < -0.39 is 0 Å². The van der Waals surface area contributed by atoms with Crippen LogP contribution in [0.25, 0.3) is 10.1 Å². The third-order valence-electron chi connectivity index (χ3n) is 3.22. The molecule has 0 spiro atoms. The van der Waals surface area contributed by atoms with Gasteiger partial charge in [0.2, 0.25) is 0 Å². The number of nitrogens with one attached hydrogen (secondary N) is 1. The van der Waals surface area contributed by atoms with Gasteiger partial charge < -0.3 is 5.32 Å². The lowest BCUT2D eigenvalue weighted by Gasteiger charge is -2.14. The molecule has 1 N–H and O–H groups in total. The summed E-state index contributed by atoms with van der Waals surface area (Å²) in [7, 11) is 2.05. The second-order valence-electron chi connectivity index (χ2n) is 4.31. The maximum atomic E-state index is 3.45. The van der Waals surface area contributed by atoms with Gasteiger partial charge in [-0.2, -0.15) is 0 Å². The zero-order valence-corrected chi connectivity index (χ0v) is 11.9. The molecule has 0 bridgehead atoms. The van der Waals surface area contributed by atoms with Gasteiger partial charge in [0.25, 0.3) is 0 Å². The van der Waals surface area contributed by atoms with Crippen LogP contribution in [0.4, 0.5) is 0 Å². The van der Waals surface area contributed by atoms with Gasteiger partial charge in [-0.1, -0.05) is 24.3 Å². The fourth-order valence-electron chi connectivity index (χ4n) is 2.27. The molecule has 0 saturated heterocycles. The van der Waals surface area contributed by atoms with E-state index in [1.165, 1.54) is 20.5 Å². The van der Waals surface area contributed by atoms with E-state index in [0.29, 0.717) is 6.04 Å². The minimum atomic E-state index is 0.403. The van der Waals surface area contributed by atoms with Crippen molar-refractivity contribution in [1.29, 1.82) is 0 Å². The van der Waals surface area contributed by atoms with Gasteiger partial charge in [0.05, 0.1) is 0 Å². The van der Waals surface area contributed by atoms with Crippen LogP contribution in [-0.4, -0.2) is 7.05 Å². The smallest absolute Gasteiger partial charge is 0.0380 e. The summed E-state index contributed by atoms with van der Waals surface area (Å²) in [5.74, 6) is 0. The first kappa shape index (κ1) is 11.9. The quantitative estimate of drug-likeness (QED) is 0.739. The van der Waals surface area contributed by atoms with Crippen LogP contribution < -0.4 is 5.32 Å². The molecular formula is C15H15NS2. The Kier molecular flexibility index (Phi) is 3.46. The first-order valence-electron chi connectivity index (χ1n) is 6.04. The molecule has 1 nitrogen and oxygen atoms in total. The highest BCUT2D eigenvalue weighted by Crippen LogP contribution is 2.32. The van der Waals surface area contributed by atoms with E-state index in [2.05, 4.69) is 52.5 Å². The lowest BCUT2D eigenvalue weighted by molar-refractivity contribution is 0.602. The number of fused-ring (bicyclic) bond motifs is 1. The van der Waals surface area contributed by atoms with Gasteiger partial charge in [0.1, 0.15) is 0 Å². The maximum absolute atomic E-state index is 3.45. The van der Waals surface area contributed by atoms with Gasteiger partial charge in [0.15, 0.2) is 0 Å². The summed E-state index contributed by atoms with van der Waals surface area (Å²) in [6.45, 7) is 0. The zero-order chi connectivity index (χ0) is 12.4. The maximum Gasteiger partial charge on any atom is 0.0380 e. The fourth-order valence-corrected chi connectivity index (χ4v) is 4.03. The molecular weight excluding hydrogens is 258 g/mol. The third kappa shape index (κ3) is 2.21. The summed E-state index contributed by atoms with van der Waals surface area (Å²) >= 11 is 3.67. The van der Waals surface area contributed by atoms with Crippen LogP contribution in [-0.2, 0) is 6.42 Å². The molecule has 0 aliphatic heterocycles. The minimum absolute atomic E-state index is 0.403. The monoisotopic (exact) mass is 273 g/mol. The molecule has 18 heavy (non-hydrogen) atoms. The Balaban J connectivity index is 1.96. The van der Waals surface area contributed by atoms with Crippen molar-refractivity contribution in [2.45, 2.75) is 12.5 Å². The van der Waals surface area contributed by atoms with Crippen LogP contribution in [0.2, 0.25) is 0 Å². The molecule has 1 atom stereocenters. The van der Waals surface area contributed by atoms with Crippen LogP contribution in [0, 0.1) is 0 Å². The van der Waals surface area contributed by atoms with Gasteiger partial charge >= 0.3 is 0 Å². The Labute approximate surface area is 115 Å². The Morgan fingerprint density at radius 1 is 1.11 bits per heavy atom. The summed E-state index contributed by atoms with van der Waals surface area (Å²) in [4.78, 5) is 1.43. The molecule has 2 aromatic heterocycles. The average Bonchev–Trinajstić information content (AvgIpc) is 3.05. The van der Waals surface area contributed by atoms with Crippen LogP contribution in [0.15, 0.2) is 47.2 Å². The Bertz CT molecular complexity index is 625. The number of benzene rings is 1. The van der Waals surface area contributed by atoms with E-state index in [-0.39, 0.29) is 0 Å². The van der Waals surface area contributed by atoms with E-state index in [1.54, 1.807) is 0 Å². The second-order valence-corrected chi connectivity index (χ2v) is 6.26. The summed E-state index contributed by atoms with van der Waals surface area (Å²) in [5, 5.41) is 9.27. The van der Waals surface area contributed by atoms with Gasteiger partial charge in [-0.05, 0) is 40.9 Å². The van der Waals surface area contributed by atoms with E-state index in [4.69, 9.17) is 0 Å². The molecule has 2 heterocycles. The molecule has 0 saturated carbocycles. The first-order valence-corrected chi connectivity index (χ1v) is 7.80. The molecule has 3 rings (SSSR count). The van der Waals surface area contributed by atoms with Crippen molar-refractivity contribution in [1.82, 2.24) is 5.32 Å². The predicted octanol–water partition coefficient (Wildman–Crippen LogP) is 4.47. The van der Waals surface area contributed by atoms with Crippen molar-refractivity contribution in [3.8, 4) is 0 Å². The van der Waals surface area contributed by atoms with Crippen molar-refractivity contribution in [3.63, 3.8) is 0 Å². The third-order valence-corrected chi connectivity index (χ3v) is 5.10. The number of likely N-dealkylation sites (N-methyl/N-ethyl adjacent to an activating group) is 1. The number of hydrogen-bond donors (Lipinski definition) is 1. The van der Waals surface area contributed by atoms with E-state index in [0.717, 1.165) is 6.42 Å². The summed E-state index contributed by atoms with van der Waals surface area (Å²) < 4.78 is 1.37. The molecule has 0 aliphatic carbocycles. The number of thiophene rings is 2. The van der Waals surface area contributed by atoms with Gasteiger partial charge in [-0.25, -0.2) is 0 Å². The summed E-state index contributed by atoms with van der Waals surface area (Å²) in [6.07, 6.45) is 1.06. The van der Waals surface area contributed by atoms with Crippen molar-refractivity contribution >= 4 is 32.8 Å². The zero-order valence-electron chi connectivity index (χ0n) is 10.2. The molecule has 0 radical (unpaired) electrons. The minimum Gasteiger partial charge on any atom is -0.313 e. The second kappa shape index (κ2) is 5.22. The normalized spacial score (nSPS) is 12.9. The highest BCUT2D eigenvalue weighted by molar-refractivity contribution is 7.17. The van der Waals surface area contributed by atoms with Gasteiger partial charge in [-0.3, -0.25) is 0 Å². The van der Waals surface area contributed by atoms with Crippen LogP contribution in [0.3, 0.4) is 0 Å². The van der Waals surface area contributed by atoms with E-state index >= 15 is 0 Å². The van der Waals surface area contributed by atoms with E-state index in [9.17, 15) is 0 Å². The molecule has 3 heteroatoms. The van der Waals surface area contributed by atoms with Crippen molar-refractivity contribution in [3.05, 3.63) is 57.6 Å². The van der Waals surface area contributed by atoms with Crippen molar-refractivity contribution in [2.75, 3.05) is 7.05 Å². The molecule has 92 valence electrons. The SMILES string of the molecule is CNC(Cc1cccs1)c1csc2ccccc12. The molecule has 1 unspecified atom stereocenters. The molecule has 1 aromatic carbocycles. The van der Waals surface area contributed by atoms with Crippen LogP contribution in [0.5, 0.6) is 0 Å². The lowest BCUT2D eigenvalue weighted by atomic mass is 10.0. The molecule has 3 aromatic rings. The molecule has 0 aliphatic rings. The Morgan fingerprint density at radius 3 is 2.78 bits per heavy atom. The van der Waals surface area contributed by atoms with Crippen molar-refractivity contribution < 1.29 is 0 Å². The standard InChI is InChI=1S/C15H15NS2/c1-16-14(9-11-5-4-8-17-11)13-10-18-15-7-3-2-6-12(13)15/h2-8,10,14,16H,9H2,1H3. The molecule has 0 amide bonds. The average molecular weight is 273 g/mol. The highest BCUT2D eigenvalue weighted by atomic mass is 32.1. The van der Waals surface area contributed by atoms with Gasteiger partial charge in [0, 0.05) is 22.0 Å². The summed E-state index contributed by atoms with van der Waals surface area (Å²) in [6, 6.07) is 13.4. The summed E-state index contributed by atoms with van der Waals surface area (Å²) in [5.41, 5.74) is 1.42. The first-order chi connectivity index (χ1) is 8.88. The number of rotatable bonds is 4. The highest BCUT2D eigenvalue weighted by Gasteiger charge is 2.14. The van der Waals surface area contributed by atoms with Gasteiger partial charge in [-0.15, -0.1) is 22.7 Å². The Hall–Kier alpha value is -1.16. The van der Waals surface area contributed by atoms with E-state index in [1.807, 2.05) is 29.7 Å². The Morgan fingerprint density at radius 2 is 2.00 bits per heavy atom. The predicted molar refractivity (Wildman–Crippen MR) is 81.6 cm³/mol. The van der Waals surface area contributed by atoms with Crippen LogP contribution >= 0.6 is 22.7 Å². The van der Waals surface area contributed by atoms with Crippen molar-refractivity contribution in [2.24, 2.45) is 0 Å². The lowest BCUT2D eigenvalue weighted by Crippen LogP contribution is -2.17. The largest absolute Gasteiger partial charge is 0.313 e. The molecule has 0 fully saturated rings. The number of hydrogen-bond acceptors (Lipinski definition) is 3. The fraction of sp³-hybridized carbons (Fsp3) is 0.200. The topological polar surface area (TPSA) is 12.0 Å². The van der Waals surface area contributed by atoms with Crippen LogP contribution in [0.1, 0.15) is 16.5 Å².